The monoisotopic (exact) mass is 520 g/mol. The Morgan fingerprint density at radius 3 is 2.42 bits per heavy atom. The third-order valence-corrected chi connectivity index (χ3v) is 6.68. The van der Waals surface area contributed by atoms with Crippen molar-refractivity contribution in [3.63, 3.8) is 0 Å². The van der Waals surface area contributed by atoms with Gasteiger partial charge in [-0.1, -0.05) is 44.9 Å². The maximum atomic E-state index is 13.8. The van der Waals surface area contributed by atoms with Crippen LogP contribution in [0.5, 0.6) is 11.5 Å². The van der Waals surface area contributed by atoms with Crippen LogP contribution in [0.3, 0.4) is 0 Å². The molecule has 1 fully saturated rings. The molecule has 0 bridgehead atoms. The lowest BCUT2D eigenvalue weighted by molar-refractivity contribution is -0.127. The van der Waals surface area contributed by atoms with E-state index in [0.717, 1.165) is 25.7 Å². The van der Waals surface area contributed by atoms with Crippen molar-refractivity contribution in [2.45, 2.75) is 64.6 Å². The van der Waals surface area contributed by atoms with Crippen LogP contribution in [0, 0.1) is 5.92 Å². The molecule has 1 heterocycles. The number of nitrogens with zero attached hydrogens (tertiary/aromatic N) is 5. The Hall–Kier alpha value is -3.95. The van der Waals surface area contributed by atoms with Crippen molar-refractivity contribution in [1.82, 2.24) is 25.5 Å². The van der Waals surface area contributed by atoms with Crippen LogP contribution < -0.4 is 19.7 Å². The van der Waals surface area contributed by atoms with Gasteiger partial charge >= 0.3 is 0 Å². The second-order valence-electron chi connectivity index (χ2n) is 9.95. The fraction of sp³-hybridized carbons (Fsp3) is 0.464. The number of hydrogen-bond donors (Lipinski definition) is 1. The summed E-state index contributed by atoms with van der Waals surface area (Å²) in [5.74, 6) is 1.26. The van der Waals surface area contributed by atoms with E-state index < -0.39 is 6.04 Å². The van der Waals surface area contributed by atoms with Crippen molar-refractivity contribution >= 4 is 17.5 Å². The van der Waals surface area contributed by atoms with Gasteiger partial charge in [-0.2, -0.15) is 4.80 Å². The predicted octanol–water partition coefficient (Wildman–Crippen LogP) is 3.86. The van der Waals surface area contributed by atoms with Crippen molar-refractivity contribution in [2.24, 2.45) is 5.92 Å². The molecule has 2 amide bonds. The molecule has 1 N–H and O–H groups in total. The molecule has 3 aromatic rings. The molecule has 4 rings (SSSR count). The number of methoxy groups -OCH3 is 2. The van der Waals surface area contributed by atoms with E-state index in [2.05, 4.69) is 34.6 Å². The summed E-state index contributed by atoms with van der Waals surface area (Å²) in [5.41, 5.74) is 1.33. The molecule has 10 nitrogen and oxygen atoms in total. The van der Waals surface area contributed by atoms with E-state index in [-0.39, 0.29) is 30.3 Å². The molecule has 38 heavy (non-hydrogen) atoms. The molecule has 10 heteroatoms. The van der Waals surface area contributed by atoms with Crippen molar-refractivity contribution in [3.05, 3.63) is 48.5 Å². The molecule has 1 aliphatic rings. The zero-order valence-corrected chi connectivity index (χ0v) is 22.5. The number of nitrogens with one attached hydrogen (secondary N) is 1. The fourth-order valence-electron chi connectivity index (χ4n) is 4.83. The molecular weight excluding hydrogens is 484 g/mol. The van der Waals surface area contributed by atoms with Gasteiger partial charge < -0.3 is 14.8 Å². The van der Waals surface area contributed by atoms with Gasteiger partial charge in [0, 0.05) is 17.3 Å². The van der Waals surface area contributed by atoms with Crippen LogP contribution in [0.4, 0.5) is 5.69 Å². The van der Waals surface area contributed by atoms with E-state index in [0.29, 0.717) is 35.0 Å². The summed E-state index contributed by atoms with van der Waals surface area (Å²) < 4.78 is 10.7. The highest BCUT2D eigenvalue weighted by Gasteiger charge is 2.33. The van der Waals surface area contributed by atoms with Crippen molar-refractivity contribution in [3.8, 4) is 22.9 Å². The second kappa shape index (κ2) is 12.5. The Morgan fingerprint density at radius 2 is 1.76 bits per heavy atom. The van der Waals surface area contributed by atoms with Gasteiger partial charge in [-0.15, -0.1) is 10.2 Å². The highest BCUT2D eigenvalue weighted by molar-refractivity contribution is 6.00. The maximum Gasteiger partial charge on any atom is 0.251 e. The molecule has 1 saturated carbocycles. The van der Waals surface area contributed by atoms with E-state index >= 15 is 0 Å². The number of tetrazole rings is 1. The molecular formula is C28H36N6O4. The van der Waals surface area contributed by atoms with E-state index in [1.807, 2.05) is 30.3 Å². The van der Waals surface area contributed by atoms with E-state index in [4.69, 9.17) is 9.47 Å². The Bertz CT molecular complexity index is 1220. The first-order valence-electron chi connectivity index (χ1n) is 13.1. The third-order valence-electron chi connectivity index (χ3n) is 6.68. The fourth-order valence-corrected chi connectivity index (χ4v) is 4.83. The second-order valence-corrected chi connectivity index (χ2v) is 9.95. The lowest BCUT2D eigenvalue weighted by Crippen LogP contribution is -2.53. The van der Waals surface area contributed by atoms with Gasteiger partial charge in [-0.05, 0) is 60.7 Å². The van der Waals surface area contributed by atoms with Gasteiger partial charge in [-0.3, -0.25) is 14.5 Å². The molecule has 0 aliphatic heterocycles. The Morgan fingerprint density at radius 1 is 1.05 bits per heavy atom. The summed E-state index contributed by atoms with van der Waals surface area (Å²) in [4.78, 5) is 30.2. The van der Waals surface area contributed by atoms with Crippen molar-refractivity contribution < 1.29 is 19.1 Å². The lowest BCUT2D eigenvalue weighted by Gasteiger charge is -2.33. The minimum absolute atomic E-state index is 0.125. The Balaban J connectivity index is 1.59. The summed E-state index contributed by atoms with van der Waals surface area (Å²) in [6.07, 6.45) is 4.70. The number of carbonyl (C=O) groups is 2. The first-order valence-corrected chi connectivity index (χ1v) is 13.1. The smallest absolute Gasteiger partial charge is 0.251 e. The molecule has 1 aliphatic carbocycles. The van der Waals surface area contributed by atoms with Gasteiger partial charge in [0.25, 0.3) is 5.91 Å². The number of hydrogen-bond acceptors (Lipinski definition) is 7. The van der Waals surface area contributed by atoms with Crippen LogP contribution in [0.25, 0.3) is 11.4 Å². The third kappa shape index (κ3) is 6.48. The van der Waals surface area contributed by atoms with Crippen LogP contribution in [0.1, 0.15) is 46.0 Å². The number of benzene rings is 2. The summed E-state index contributed by atoms with van der Waals surface area (Å²) in [5, 5.41) is 15.9. The number of aromatic nitrogens is 4. The summed E-state index contributed by atoms with van der Waals surface area (Å²) in [7, 11) is 3.12. The van der Waals surface area contributed by atoms with Crippen LogP contribution >= 0.6 is 0 Å². The quantitative estimate of drug-likeness (QED) is 0.409. The van der Waals surface area contributed by atoms with Crippen LogP contribution in [0.15, 0.2) is 48.5 Å². The topological polar surface area (TPSA) is 111 Å². The van der Waals surface area contributed by atoms with Crippen LogP contribution in [0.2, 0.25) is 0 Å². The molecule has 1 aromatic heterocycles. The Labute approximate surface area is 223 Å². The number of amides is 2. The minimum Gasteiger partial charge on any atom is -0.493 e. The first-order chi connectivity index (χ1) is 18.4. The number of para-hydroxylation sites is 1. The predicted molar refractivity (Wildman–Crippen MR) is 144 cm³/mol. The number of rotatable bonds is 11. The molecule has 1 atom stereocenters. The lowest BCUT2D eigenvalue weighted by atomic mass is 10.00. The summed E-state index contributed by atoms with van der Waals surface area (Å²) in [6.45, 7) is 3.94. The number of ether oxygens (including phenoxy) is 2. The van der Waals surface area contributed by atoms with Crippen molar-refractivity contribution in [1.29, 1.82) is 0 Å². The standard InChI is InChI=1S/C28H36N6O4/c1-19(2)16-23(28(36)29-21-10-8-9-11-21)34(22-12-6-5-7-13-22)26(35)18-33-31-27(30-32-33)20-14-15-24(37-3)25(17-20)38-4/h5-7,12-15,17,19,21,23H,8-11,16,18H2,1-4H3,(H,29,36). The minimum atomic E-state index is -0.653. The van der Waals surface area contributed by atoms with Crippen LogP contribution in [-0.2, 0) is 16.1 Å². The normalized spacial score (nSPS) is 14.3. The molecule has 2 aromatic carbocycles. The molecule has 202 valence electrons. The van der Waals surface area contributed by atoms with Gasteiger partial charge in [0.2, 0.25) is 11.7 Å². The number of carbonyl (C=O) groups excluding carboxylic acids is 2. The molecule has 0 spiro atoms. The Kier molecular flexibility index (Phi) is 8.93. The van der Waals surface area contributed by atoms with Gasteiger partial charge in [0.1, 0.15) is 12.6 Å². The van der Waals surface area contributed by atoms with E-state index in [1.165, 1.54) is 4.80 Å². The van der Waals surface area contributed by atoms with E-state index in [1.54, 1.807) is 37.3 Å². The molecule has 0 saturated heterocycles. The highest BCUT2D eigenvalue weighted by atomic mass is 16.5. The number of anilines is 1. The zero-order valence-electron chi connectivity index (χ0n) is 22.5. The average molecular weight is 521 g/mol. The van der Waals surface area contributed by atoms with Gasteiger partial charge in [0.15, 0.2) is 11.5 Å². The van der Waals surface area contributed by atoms with E-state index in [9.17, 15) is 9.59 Å². The average Bonchev–Trinajstić information content (AvgIpc) is 3.60. The van der Waals surface area contributed by atoms with Crippen molar-refractivity contribution in [2.75, 3.05) is 19.1 Å². The molecule has 0 radical (unpaired) electrons. The largest absolute Gasteiger partial charge is 0.493 e. The molecule has 1 unspecified atom stereocenters. The first kappa shape index (κ1) is 27.1. The zero-order chi connectivity index (χ0) is 27.1. The van der Waals surface area contributed by atoms with Crippen LogP contribution in [-0.4, -0.2) is 58.3 Å². The SMILES string of the molecule is COc1ccc(-c2nnn(CC(=O)N(c3ccccc3)C(CC(C)C)C(=O)NC3CCCC3)n2)cc1OC. The maximum absolute atomic E-state index is 13.8. The summed E-state index contributed by atoms with van der Waals surface area (Å²) in [6, 6.07) is 14.1. The highest BCUT2D eigenvalue weighted by Crippen LogP contribution is 2.31. The van der Waals surface area contributed by atoms with Gasteiger partial charge in [0.05, 0.1) is 14.2 Å². The van der Waals surface area contributed by atoms with Gasteiger partial charge in [-0.25, -0.2) is 0 Å². The summed E-state index contributed by atoms with van der Waals surface area (Å²) >= 11 is 0.